The van der Waals surface area contributed by atoms with Crippen molar-refractivity contribution >= 4 is 5.91 Å². The molecule has 0 unspecified atom stereocenters. The Balaban J connectivity index is 2.12. The molecule has 6 heteroatoms. The normalized spacial score (nSPS) is 11.0. The first-order valence-corrected chi connectivity index (χ1v) is 6.20. The van der Waals surface area contributed by atoms with E-state index in [0.717, 1.165) is 0 Å². The predicted octanol–water partition coefficient (Wildman–Crippen LogP) is 2.03. The molecule has 2 aromatic rings. The number of aryl methyl sites for hydroxylation is 1. The van der Waals surface area contributed by atoms with Crippen molar-refractivity contribution in [1.82, 2.24) is 19.6 Å². The Labute approximate surface area is 112 Å². The molecule has 2 aromatic heterocycles. The van der Waals surface area contributed by atoms with Crippen LogP contribution in [0, 0.1) is 6.92 Å². The molecule has 2 rings (SSSR count). The second kappa shape index (κ2) is 5.26. The lowest BCUT2D eigenvalue weighted by Crippen LogP contribution is -2.29. The zero-order valence-corrected chi connectivity index (χ0v) is 11.6. The second-order valence-corrected chi connectivity index (χ2v) is 4.79. The van der Waals surface area contributed by atoms with Crippen molar-refractivity contribution in [3.8, 4) is 0 Å². The number of amides is 1. The quantitative estimate of drug-likeness (QED) is 0.845. The highest BCUT2D eigenvalue weighted by atomic mass is 16.5. The van der Waals surface area contributed by atoms with Crippen molar-refractivity contribution < 1.29 is 9.32 Å². The largest absolute Gasteiger partial charge is 0.341 e. The molecule has 0 spiro atoms. The highest BCUT2D eigenvalue weighted by molar-refractivity contribution is 5.92. The van der Waals surface area contributed by atoms with Crippen molar-refractivity contribution in [2.75, 3.05) is 7.05 Å². The van der Waals surface area contributed by atoms with Gasteiger partial charge in [-0.3, -0.25) is 4.79 Å². The number of hydrogen-bond donors (Lipinski definition) is 0. The highest BCUT2D eigenvalue weighted by Gasteiger charge is 2.18. The molecule has 0 radical (unpaired) electrons. The molecule has 1 amide bonds. The van der Waals surface area contributed by atoms with Crippen molar-refractivity contribution in [2.45, 2.75) is 33.4 Å². The average molecular weight is 262 g/mol. The van der Waals surface area contributed by atoms with Crippen LogP contribution in [0.3, 0.4) is 0 Å². The fourth-order valence-corrected chi connectivity index (χ4v) is 1.91. The van der Waals surface area contributed by atoms with Crippen LogP contribution in [-0.4, -0.2) is 32.6 Å². The maximum atomic E-state index is 12.4. The molecular weight excluding hydrogens is 244 g/mol. The zero-order valence-electron chi connectivity index (χ0n) is 11.6. The third-order valence-corrected chi connectivity index (χ3v) is 2.85. The van der Waals surface area contributed by atoms with E-state index in [2.05, 4.69) is 10.1 Å². The minimum absolute atomic E-state index is 0.0545. The van der Waals surface area contributed by atoms with Crippen LogP contribution < -0.4 is 0 Å². The van der Waals surface area contributed by atoms with E-state index in [1.165, 1.54) is 0 Å². The van der Waals surface area contributed by atoms with E-state index in [4.69, 9.17) is 4.52 Å². The first-order valence-electron chi connectivity index (χ1n) is 6.20. The van der Waals surface area contributed by atoms with Gasteiger partial charge in [-0.2, -0.15) is 4.98 Å². The molecular formula is C13H18N4O2. The first kappa shape index (κ1) is 13.3. The fraction of sp³-hybridized carbons (Fsp3) is 0.462. The maximum Gasteiger partial charge on any atom is 0.270 e. The van der Waals surface area contributed by atoms with E-state index >= 15 is 0 Å². The zero-order chi connectivity index (χ0) is 14.0. The van der Waals surface area contributed by atoms with Gasteiger partial charge in [-0.15, -0.1) is 0 Å². The standard InChI is InChI=1S/C13H18N4O2/c1-9(2)17-7-5-6-11(17)13(18)16(4)8-12-14-10(3)19-15-12/h5-7,9H,8H2,1-4H3. The monoisotopic (exact) mass is 262 g/mol. The van der Waals surface area contributed by atoms with Crippen LogP contribution in [-0.2, 0) is 6.54 Å². The van der Waals surface area contributed by atoms with E-state index in [0.29, 0.717) is 24.0 Å². The summed E-state index contributed by atoms with van der Waals surface area (Å²) in [6.07, 6.45) is 1.91. The van der Waals surface area contributed by atoms with Gasteiger partial charge in [0.2, 0.25) is 5.89 Å². The molecule has 0 aromatic carbocycles. The molecule has 0 saturated carbocycles. The van der Waals surface area contributed by atoms with Crippen LogP contribution in [0.25, 0.3) is 0 Å². The molecule has 0 aliphatic heterocycles. The van der Waals surface area contributed by atoms with Crippen LogP contribution in [0.5, 0.6) is 0 Å². The van der Waals surface area contributed by atoms with Gasteiger partial charge >= 0.3 is 0 Å². The van der Waals surface area contributed by atoms with E-state index < -0.39 is 0 Å². The summed E-state index contributed by atoms with van der Waals surface area (Å²) in [6, 6.07) is 3.94. The predicted molar refractivity (Wildman–Crippen MR) is 69.6 cm³/mol. The number of hydrogen-bond acceptors (Lipinski definition) is 4. The average Bonchev–Trinajstić information content (AvgIpc) is 2.97. The SMILES string of the molecule is Cc1nc(CN(C)C(=O)c2cccn2C(C)C)no1. The fourth-order valence-electron chi connectivity index (χ4n) is 1.91. The maximum absolute atomic E-state index is 12.4. The van der Waals surface area contributed by atoms with Crippen LogP contribution in [0.1, 0.15) is 42.1 Å². The molecule has 0 bridgehead atoms. The third kappa shape index (κ3) is 2.83. The topological polar surface area (TPSA) is 64.2 Å². The molecule has 0 N–H and O–H groups in total. The van der Waals surface area contributed by atoms with E-state index in [9.17, 15) is 4.79 Å². The van der Waals surface area contributed by atoms with Crippen molar-refractivity contribution in [3.63, 3.8) is 0 Å². The van der Waals surface area contributed by atoms with Gasteiger partial charge in [-0.25, -0.2) is 0 Å². The Morgan fingerprint density at radius 2 is 2.26 bits per heavy atom. The third-order valence-electron chi connectivity index (χ3n) is 2.85. The summed E-state index contributed by atoms with van der Waals surface area (Å²) in [5, 5.41) is 3.79. The Hall–Kier alpha value is -2.11. The Kier molecular flexibility index (Phi) is 3.69. The number of nitrogens with zero attached hydrogens (tertiary/aromatic N) is 4. The van der Waals surface area contributed by atoms with Gasteiger partial charge in [0, 0.05) is 26.2 Å². The summed E-state index contributed by atoms with van der Waals surface area (Å²) in [5.74, 6) is 0.957. The summed E-state index contributed by atoms with van der Waals surface area (Å²) in [7, 11) is 1.73. The molecule has 102 valence electrons. The molecule has 2 heterocycles. The number of carbonyl (C=O) groups excluding carboxylic acids is 1. The minimum atomic E-state index is -0.0545. The summed E-state index contributed by atoms with van der Waals surface area (Å²) in [4.78, 5) is 18.0. The Morgan fingerprint density at radius 3 is 2.84 bits per heavy atom. The summed E-state index contributed by atoms with van der Waals surface area (Å²) in [5.41, 5.74) is 0.665. The number of carbonyl (C=O) groups is 1. The molecule has 0 atom stereocenters. The first-order chi connectivity index (χ1) is 8.99. The highest BCUT2D eigenvalue weighted by Crippen LogP contribution is 2.13. The number of aromatic nitrogens is 3. The number of rotatable bonds is 4. The molecule has 0 aliphatic carbocycles. The van der Waals surface area contributed by atoms with Crippen LogP contribution in [0.2, 0.25) is 0 Å². The molecule has 0 saturated heterocycles. The van der Waals surface area contributed by atoms with E-state index in [1.807, 2.05) is 36.7 Å². The van der Waals surface area contributed by atoms with Crippen molar-refractivity contribution in [2.24, 2.45) is 0 Å². The summed E-state index contributed by atoms with van der Waals surface area (Å²) in [6.45, 7) is 6.14. The second-order valence-electron chi connectivity index (χ2n) is 4.79. The smallest absolute Gasteiger partial charge is 0.270 e. The molecule has 6 nitrogen and oxygen atoms in total. The summed E-state index contributed by atoms with van der Waals surface area (Å²) < 4.78 is 6.84. The lowest BCUT2D eigenvalue weighted by Gasteiger charge is -2.18. The minimum Gasteiger partial charge on any atom is -0.341 e. The van der Waals surface area contributed by atoms with Gasteiger partial charge in [-0.05, 0) is 26.0 Å². The van der Waals surface area contributed by atoms with Gasteiger partial charge in [0.05, 0.1) is 6.54 Å². The molecule has 0 aliphatic rings. The molecule has 19 heavy (non-hydrogen) atoms. The van der Waals surface area contributed by atoms with Gasteiger partial charge in [0.25, 0.3) is 5.91 Å². The van der Waals surface area contributed by atoms with Crippen molar-refractivity contribution in [3.05, 3.63) is 35.7 Å². The lowest BCUT2D eigenvalue weighted by atomic mass is 10.3. The van der Waals surface area contributed by atoms with Gasteiger partial charge < -0.3 is 14.0 Å². The van der Waals surface area contributed by atoms with E-state index in [-0.39, 0.29) is 11.9 Å². The Morgan fingerprint density at radius 1 is 1.53 bits per heavy atom. The van der Waals surface area contributed by atoms with Crippen molar-refractivity contribution in [1.29, 1.82) is 0 Å². The van der Waals surface area contributed by atoms with Crippen LogP contribution in [0.4, 0.5) is 0 Å². The van der Waals surface area contributed by atoms with Gasteiger partial charge in [0.1, 0.15) is 5.69 Å². The van der Waals surface area contributed by atoms with Crippen LogP contribution >= 0.6 is 0 Å². The van der Waals surface area contributed by atoms with Gasteiger partial charge in [0.15, 0.2) is 5.82 Å². The summed E-state index contributed by atoms with van der Waals surface area (Å²) >= 11 is 0. The van der Waals surface area contributed by atoms with Gasteiger partial charge in [-0.1, -0.05) is 5.16 Å². The van der Waals surface area contributed by atoms with E-state index in [1.54, 1.807) is 18.9 Å². The van der Waals surface area contributed by atoms with Crippen LogP contribution in [0.15, 0.2) is 22.9 Å². The Bertz CT molecular complexity index is 571. The molecule has 0 fully saturated rings. The lowest BCUT2D eigenvalue weighted by molar-refractivity contribution is 0.0768.